The van der Waals surface area contributed by atoms with E-state index in [1.807, 2.05) is 32.5 Å². The van der Waals surface area contributed by atoms with Gasteiger partial charge in [-0.3, -0.25) is 9.59 Å². The summed E-state index contributed by atoms with van der Waals surface area (Å²) in [6, 6.07) is 39.4. The summed E-state index contributed by atoms with van der Waals surface area (Å²) in [5, 5.41) is 4.26. The molecule has 0 aliphatic carbocycles. The first-order valence-corrected chi connectivity index (χ1v) is 28.5. The molecule has 2 aromatic carbocycles. The summed E-state index contributed by atoms with van der Waals surface area (Å²) >= 11 is 10.8. The number of fused-ring (bicyclic) bond motifs is 2. The Kier molecular flexibility index (Phi) is 13.6. The number of rotatable bonds is 18. The van der Waals surface area contributed by atoms with Crippen LogP contribution in [-0.2, 0) is 9.59 Å². The van der Waals surface area contributed by atoms with Crippen molar-refractivity contribution in [1.82, 2.24) is 0 Å². The van der Waals surface area contributed by atoms with Gasteiger partial charge < -0.3 is 9.80 Å². The van der Waals surface area contributed by atoms with E-state index in [2.05, 4.69) is 148 Å². The molecule has 10 rings (SSSR count). The molecular formula is C56H54N2O2S6. The Morgan fingerprint density at radius 1 is 0.439 bits per heavy atom. The van der Waals surface area contributed by atoms with E-state index in [0.717, 1.165) is 85.0 Å². The second-order valence-corrected chi connectivity index (χ2v) is 23.7. The van der Waals surface area contributed by atoms with Crippen LogP contribution in [0, 0.1) is 11.8 Å². The first-order valence-electron chi connectivity index (χ1n) is 23.5. The van der Waals surface area contributed by atoms with Crippen LogP contribution < -0.4 is 9.80 Å². The minimum Gasteiger partial charge on any atom is -0.307 e. The van der Waals surface area contributed by atoms with E-state index < -0.39 is 0 Å². The van der Waals surface area contributed by atoms with Crippen LogP contribution in [0.25, 0.3) is 71.0 Å². The molecule has 2 amide bonds. The lowest BCUT2D eigenvalue weighted by molar-refractivity contribution is -0.114. The maximum absolute atomic E-state index is 15.3. The van der Waals surface area contributed by atoms with Crippen LogP contribution in [0.2, 0.25) is 0 Å². The molecule has 0 radical (unpaired) electrons. The van der Waals surface area contributed by atoms with Crippen LogP contribution in [-0.4, -0.2) is 24.9 Å². The van der Waals surface area contributed by atoms with Gasteiger partial charge in [-0.2, -0.15) is 0 Å². The van der Waals surface area contributed by atoms with Gasteiger partial charge in [0.1, 0.15) is 0 Å². The normalized spacial score (nSPS) is 15.6. The minimum absolute atomic E-state index is 0.0531. The van der Waals surface area contributed by atoms with Crippen LogP contribution in [0.15, 0.2) is 120 Å². The van der Waals surface area contributed by atoms with E-state index in [-0.39, 0.29) is 11.8 Å². The molecule has 10 heteroatoms. The monoisotopic (exact) mass is 978 g/mol. The van der Waals surface area contributed by atoms with E-state index in [1.54, 1.807) is 45.3 Å². The molecule has 0 saturated carbocycles. The van der Waals surface area contributed by atoms with Crippen LogP contribution in [0.5, 0.6) is 0 Å². The van der Waals surface area contributed by atoms with Crippen molar-refractivity contribution in [1.29, 1.82) is 0 Å². The Bertz CT molecular complexity index is 2810. The van der Waals surface area contributed by atoms with Crippen LogP contribution in [0.3, 0.4) is 0 Å². The zero-order valence-electron chi connectivity index (χ0n) is 37.9. The van der Waals surface area contributed by atoms with Crippen molar-refractivity contribution in [2.75, 3.05) is 22.9 Å². The highest BCUT2D eigenvalue weighted by atomic mass is 32.1. The second kappa shape index (κ2) is 19.9. The van der Waals surface area contributed by atoms with E-state index >= 15 is 9.59 Å². The van der Waals surface area contributed by atoms with E-state index in [9.17, 15) is 0 Å². The third-order valence-corrected chi connectivity index (χ3v) is 20.2. The smallest absolute Gasteiger partial charge is 0.259 e. The molecule has 2 atom stereocenters. The van der Waals surface area contributed by atoms with E-state index in [1.165, 1.54) is 48.8 Å². The largest absolute Gasteiger partial charge is 0.307 e. The Morgan fingerprint density at radius 3 is 1.15 bits per heavy atom. The van der Waals surface area contributed by atoms with E-state index in [4.69, 9.17) is 0 Å². The van der Waals surface area contributed by atoms with Crippen molar-refractivity contribution in [3.8, 4) is 59.9 Å². The van der Waals surface area contributed by atoms with Crippen molar-refractivity contribution in [2.24, 2.45) is 11.8 Å². The first kappa shape index (κ1) is 45.1. The quantitative estimate of drug-likeness (QED) is 0.0804. The predicted molar refractivity (Wildman–Crippen MR) is 291 cm³/mol. The Balaban J connectivity index is 1.05. The Hall–Kier alpha value is -4.68. The number of benzene rings is 2. The molecule has 2 aliphatic rings. The number of carbonyl (C=O) groups excluding carboxylic acids is 2. The standard InChI is InChI=1S/C56H54N2O2S6/c1-5-9-13-35(7-3)33-57-41-31-37(43-21-23-49(63-43)51-27-25-47(65-51)45-15-11-29-61-45)17-19-39(41)53(55(57)59)54-40-20-18-38(32-42(40)58(56(54)60)34-36(8-4)14-10-6-2)44-22-24-50(64-44)52-28-26-48(66-52)46-16-12-30-62-46/h11-12,15-32,35-36H,5-10,13-14,33-34H2,1-4H3/b54-53-. The lowest BCUT2D eigenvalue weighted by atomic mass is 9.95. The molecule has 4 nitrogen and oxygen atoms in total. The number of amides is 2. The van der Waals surface area contributed by atoms with Gasteiger partial charge in [-0.15, -0.1) is 68.0 Å². The number of unbranched alkanes of at least 4 members (excludes halogenated alkanes) is 2. The molecule has 336 valence electrons. The number of hydrogen-bond donors (Lipinski definition) is 0. The highest BCUT2D eigenvalue weighted by molar-refractivity contribution is 7.27. The van der Waals surface area contributed by atoms with Gasteiger partial charge in [0.15, 0.2) is 0 Å². The fraction of sp³-hybridized carbons (Fsp3) is 0.286. The van der Waals surface area contributed by atoms with Gasteiger partial charge in [-0.1, -0.05) is 103 Å². The van der Waals surface area contributed by atoms with Crippen molar-refractivity contribution >= 4 is 102 Å². The second-order valence-electron chi connectivity index (χ2n) is 17.5. The fourth-order valence-electron chi connectivity index (χ4n) is 9.45. The molecule has 8 heterocycles. The Labute approximate surface area is 413 Å². The van der Waals surface area contributed by atoms with Gasteiger partial charge in [-0.25, -0.2) is 0 Å². The highest BCUT2D eigenvalue weighted by Gasteiger charge is 2.43. The summed E-state index contributed by atoms with van der Waals surface area (Å²) in [4.78, 5) is 47.2. The summed E-state index contributed by atoms with van der Waals surface area (Å²) in [6.07, 6.45) is 8.64. The number of carbonyl (C=O) groups is 2. The molecule has 66 heavy (non-hydrogen) atoms. The molecule has 8 aromatic rings. The summed E-state index contributed by atoms with van der Waals surface area (Å²) in [5.74, 6) is 0.618. The minimum atomic E-state index is -0.0531. The Morgan fingerprint density at radius 2 is 0.803 bits per heavy atom. The van der Waals surface area contributed by atoms with Gasteiger partial charge in [-0.05, 0) is 119 Å². The van der Waals surface area contributed by atoms with Gasteiger partial charge in [0.25, 0.3) is 11.8 Å². The zero-order valence-corrected chi connectivity index (χ0v) is 42.8. The summed E-state index contributed by atoms with van der Waals surface area (Å²) < 4.78 is 0. The third-order valence-electron chi connectivity index (χ3n) is 13.3. The SMILES string of the molecule is CCCCC(CC)CN1C(=O)/C(=C2\C(=O)N(CC(CC)CCCC)c3cc(-c4ccc(-c5ccc(-c6cccs6)s5)s4)ccc32)c2ccc(-c3ccc(-c4ccc(-c5cccs5)s4)s3)cc21. The predicted octanol–water partition coefficient (Wildman–Crippen LogP) is 18.1. The summed E-state index contributed by atoms with van der Waals surface area (Å²) in [6.45, 7) is 10.2. The van der Waals surface area contributed by atoms with Gasteiger partial charge in [0.2, 0.25) is 0 Å². The lowest BCUT2D eigenvalue weighted by Gasteiger charge is -2.24. The number of anilines is 2. The number of hydrogen-bond acceptors (Lipinski definition) is 8. The summed E-state index contributed by atoms with van der Waals surface area (Å²) in [5.41, 5.74) is 6.86. The molecule has 2 aliphatic heterocycles. The number of thiophene rings is 6. The summed E-state index contributed by atoms with van der Waals surface area (Å²) in [7, 11) is 0. The zero-order chi connectivity index (χ0) is 45.3. The lowest BCUT2D eigenvalue weighted by Crippen LogP contribution is -2.34. The first-order chi connectivity index (χ1) is 32.3. The molecule has 2 unspecified atom stereocenters. The van der Waals surface area contributed by atoms with Gasteiger partial charge in [0, 0.05) is 73.0 Å². The van der Waals surface area contributed by atoms with Crippen LogP contribution in [0.4, 0.5) is 11.4 Å². The highest BCUT2D eigenvalue weighted by Crippen LogP contribution is 2.51. The average Bonchev–Trinajstić information content (AvgIpc) is 4.19. The van der Waals surface area contributed by atoms with Crippen molar-refractivity contribution in [3.63, 3.8) is 0 Å². The van der Waals surface area contributed by atoms with Gasteiger partial charge in [0.05, 0.1) is 22.5 Å². The molecule has 0 saturated heterocycles. The number of nitrogens with zero attached hydrogens (tertiary/aromatic N) is 2. The van der Waals surface area contributed by atoms with Crippen molar-refractivity contribution in [3.05, 3.63) is 131 Å². The molecule has 0 bridgehead atoms. The molecule has 0 fully saturated rings. The van der Waals surface area contributed by atoms with Crippen molar-refractivity contribution in [2.45, 2.75) is 79.1 Å². The third kappa shape index (κ3) is 8.81. The van der Waals surface area contributed by atoms with Crippen molar-refractivity contribution < 1.29 is 9.59 Å². The maximum Gasteiger partial charge on any atom is 0.259 e. The fourth-order valence-corrected chi connectivity index (χ4v) is 15.3. The van der Waals surface area contributed by atoms with Gasteiger partial charge >= 0.3 is 0 Å². The van der Waals surface area contributed by atoms with E-state index in [0.29, 0.717) is 36.1 Å². The maximum atomic E-state index is 15.3. The average molecular weight is 979 g/mol. The molecule has 0 N–H and O–H groups in total. The van der Waals surface area contributed by atoms with Crippen LogP contribution in [0.1, 0.15) is 90.2 Å². The molecule has 6 aromatic heterocycles. The molecular weight excluding hydrogens is 925 g/mol. The van der Waals surface area contributed by atoms with Crippen LogP contribution >= 0.6 is 68.0 Å². The molecule has 0 spiro atoms. The topological polar surface area (TPSA) is 40.6 Å².